The first-order chi connectivity index (χ1) is 6.32. The molecular formula is C12H26N2. The van der Waals surface area contributed by atoms with Crippen molar-refractivity contribution in [3.05, 3.63) is 0 Å². The summed E-state index contributed by atoms with van der Waals surface area (Å²) >= 11 is 0. The molecule has 84 valence electrons. The van der Waals surface area contributed by atoms with Crippen molar-refractivity contribution in [2.45, 2.75) is 45.7 Å². The molecule has 1 aliphatic heterocycles. The lowest BCUT2D eigenvalue weighted by atomic mass is 9.90. The number of hydrogen-bond acceptors (Lipinski definition) is 2. The van der Waals surface area contributed by atoms with Crippen molar-refractivity contribution in [1.82, 2.24) is 9.80 Å². The number of hydrogen-bond donors (Lipinski definition) is 0. The monoisotopic (exact) mass is 198 g/mol. The van der Waals surface area contributed by atoms with Crippen LogP contribution in [0.2, 0.25) is 0 Å². The summed E-state index contributed by atoms with van der Waals surface area (Å²) in [4.78, 5) is 4.99. The zero-order valence-electron chi connectivity index (χ0n) is 10.7. The van der Waals surface area contributed by atoms with E-state index >= 15 is 0 Å². The van der Waals surface area contributed by atoms with Crippen molar-refractivity contribution in [2.75, 3.05) is 27.2 Å². The summed E-state index contributed by atoms with van der Waals surface area (Å²) in [6.07, 6.45) is 1.31. The van der Waals surface area contributed by atoms with Crippen LogP contribution in [0.1, 0.15) is 34.1 Å². The highest BCUT2D eigenvalue weighted by Gasteiger charge is 2.32. The van der Waals surface area contributed by atoms with Crippen molar-refractivity contribution in [2.24, 2.45) is 5.92 Å². The summed E-state index contributed by atoms with van der Waals surface area (Å²) in [5.74, 6) is 0.790. The molecule has 1 fully saturated rings. The topological polar surface area (TPSA) is 6.48 Å². The summed E-state index contributed by atoms with van der Waals surface area (Å²) in [5.41, 5.74) is 0.339. The first-order valence-electron chi connectivity index (χ1n) is 5.74. The molecule has 0 aromatic carbocycles. The summed E-state index contributed by atoms with van der Waals surface area (Å²) in [5, 5.41) is 0. The maximum absolute atomic E-state index is 2.61. The molecule has 0 aromatic rings. The Kier molecular flexibility index (Phi) is 3.59. The fourth-order valence-electron chi connectivity index (χ4n) is 2.51. The van der Waals surface area contributed by atoms with E-state index < -0.39 is 0 Å². The molecule has 0 aliphatic carbocycles. The van der Waals surface area contributed by atoms with E-state index in [0.29, 0.717) is 5.54 Å². The average molecular weight is 198 g/mol. The highest BCUT2D eigenvalue weighted by molar-refractivity contribution is 4.87. The highest BCUT2D eigenvalue weighted by Crippen LogP contribution is 2.25. The van der Waals surface area contributed by atoms with E-state index in [4.69, 9.17) is 0 Å². The number of rotatable bonds is 1. The van der Waals surface area contributed by atoms with E-state index in [-0.39, 0.29) is 0 Å². The molecule has 0 N–H and O–H groups in total. The third kappa shape index (κ3) is 2.71. The van der Waals surface area contributed by atoms with Crippen LogP contribution in [0.25, 0.3) is 0 Å². The van der Waals surface area contributed by atoms with Crippen molar-refractivity contribution < 1.29 is 0 Å². The molecule has 1 saturated heterocycles. The van der Waals surface area contributed by atoms with Gasteiger partial charge in [-0.05, 0) is 47.2 Å². The van der Waals surface area contributed by atoms with Crippen LogP contribution in [0.15, 0.2) is 0 Å². The maximum atomic E-state index is 2.61. The van der Waals surface area contributed by atoms with Gasteiger partial charge in [0.15, 0.2) is 0 Å². The molecule has 0 radical (unpaired) electrons. The largest absolute Gasteiger partial charge is 0.306 e. The zero-order valence-corrected chi connectivity index (χ0v) is 10.7. The summed E-state index contributed by atoms with van der Waals surface area (Å²) < 4.78 is 0. The lowest BCUT2D eigenvalue weighted by molar-refractivity contribution is 0.0373. The molecule has 2 unspecified atom stereocenters. The molecular weight excluding hydrogens is 172 g/mol. The van der Waals surface area contributed by atoms with Gasteiger partial charge in [0.05, 0.1) is 0 Å². The van der Waals surface area contributed by atoms with E-state index in [1.807, 2.05) is 0 Å². The van der Waals surface area contributed by atoms with Crippen LogP contribution in [0.3, 0.4) is 0 Å². The summed E-state index contributed by atoms with van der Waals surface area (Å²) in [7, 11) is 4.40. The fourth-order valence-corrected chi connectivity index (χ4v) is 2.51. The molecule has 2 nitrogen and oxygen atoms in total. The van der Waals surface area contributed by atoms with Gasteiger partial charge in [0.1, 0.15) is 0 Å². The van der Waals surface area contributed by atoms with Crippen LogP contribution in [-0.2, 0) is 0 Å². The zero-order chi connectivity index (χ0) is 10.9. The molecule has 2 atom stereocenters. The van der Waals surface area contributed by atoms with Crippen molar-refractivity contribution in [3.63, 3.8) is 0 Å². The van der Waals surface area contributed by atoms with Crippen LogP contribution >= 0.6 is 0 Å². The van der Waals surface area contributed by atoms with E-state index in [1.54, 1.807) is 0 Å². The summed E-state index contributed by atoms with van der Waals surface area (Å²) in [6, 6.07) is 0.772. The Morgan fingerprint density at radius 3 is 2.14 bits per heavy atom. The van der Waals surface area contributed by atoms with Gasteiger partial charge in [0, 0.05) is 24.7 Å². The normalized spacial score (nSPS) is 31.1. The second-order valence-electron chi connectivity index (χ2n) is 5.91. The Morgan fingerprint density at radius 2 is 1.79 bits per heavy atom. The number of piperidine rings is 1. The van der Waals surface area contributed by atoms with Gasteiger partial charge in [-0.2, -0.15) is 0 Å². The fraction of sp³-hybridized carbons (Fsp3) is 1.00. The Labute approximate surface area is 89.3 Å². The van der Waals surface area contributed by atoms with Gasteiger partial charge in [-0.1, -0.05) is 6.92 Å². The molecule has 0 spiro atoms. The third-order valence-electron chi connectivity index (χ3n) is 3.47. The van der Waals surface area contributed by atoms with E-state index in [2.05, 4.69) is 51.6 Å². The minimum absolute atomic E-state index is 0.339. The van der Waals surface area contributed by atoms with Crippen LogP contribution in [0.4, 0.5) is 0 Å². The van der Waals surface area contributed by atoms with Crippen LogP contribution in [0.5, 0.6) is 0 Å². The van der Waals surface area contributed by atoms with E-state index in [9.17, 15) is 0 Å². The highest BCUT2D eigenvalue weighted by atomic mass is 15.2. The quantitative estimate of drug-likeness (QED) is 0.636. The molecule has 0 bridgehead atoms. The second-order valence-corrected chi connectivity index (χ2v) is 5.91. The predicted octanol–water partition coefficient (Wildman–Crippen LogP) is 2.06. The molecule has 0 aromatic heterocycles. The van der Waals surface area contributed by atoms with Gasteiger partial charge in [-0.3, -0.25) is 4.90 Å². The molecule has 0 amide bonds. The smallest absolute Gasteiger partial charge is 0.0139 e. The van der Waals surface area contributed by atoms with E-state index in [1.165, 1.54) is 19.5 Å². The van der Waals surface area contributed by atoms with Crippen molar-refractivity contribution >= 4 is 0 Å². The molecule has 2 heteroatoms. The van der Waals surface area contributed by atoms with Crippen LogP contribution in [0, 0.1) is 5.92 Å². The molecule has 1 heterocycles. The minimum atomic E-state index is 0.339. The first-order valence-corrected chi connectivity index (χ1v) is 5.74. The van der Waals surface area contributed by atoms with Gasteiger partial charge < -0.3 is 4.90 Å². The van der Waals surface area contributed by atoms with Gasteiger partial charge >= 0.3 is 0 Å². The summed E-state index contributed by atoms with van der Waals surface area (Å²) in [6.45, 7) is 11.8. The van der Waals surface area contributed by atoms with Gasteiger partial charge in [-0.15, -0.1) is 0 Å². The lowest BCUT2D eigenvalue weighted by Gasteiger charge is -2.45. The van der Waals surface area contributed by atoms with Crippen LogP contribution in [-0.4, -0.2) is 48.6 Å². The van der Waals surface area contributed by atoms with Gasteiger partial charge in [0.25, 0.3) is 0 Å². The Balaban J connectivity index is 2.55. The molecule has 1 aliphatic rings. The van der Waals surface area contributed by atoms with E-state index in [0.717, 1.165) is 12.0 Å². The van der Waals surface area contributed by atoms with Gasteiger partial charge in [0.2, 0.25) is 0 Å². The number of likely N-dealkylation sites (tertiary alicyclic amines) is 1. The molecule has 0 saturated carbocycles. The third-order valence-corrected chi connectivity index (χ3v) is 3.47. The minimum Gasteiger partial charge on any atom is -0.306 e. The Bertz CT molecular complexity index is 181. The molecule has 1 rings (SSSR count). The number of nitrogens with zero attached hydrogens (tertiary/aromatic N) is 2. The average Bonchev–Trinajstić information content (AvgIpc) is 2.01. The Hall–Kier alpha value is -0.0800. The van der Waals surface area contributed by atoms with Crippen molar-refractivity contribution in [1.29, 1.82) is 0 Å². The first kappa shape index (κ1) is 12.0. The van der Waals surface area contributed by atoms with Gasteiger partial charge in [-0.25, -0.2) is 0 Å². The SMILES string of the molecule is CC1CN(C(C)(C)C)CCC1N(C)C. The lowest BCUT2D eigenvalue weighted by Crippen LogP contribution is -2.53. The maximum Gasteiger partial charge on any atom is 0.0139 e. The van der Waals surface area contributed by atoms with Crippen molar-refractivity contribution in [3.8, 4) is 0 Å². The Morgan fingerprint density at radius 1 is 1.21 bits per heavy atom. The predicted molar refractivity (Wildman–Crippen MR) is 62.6 cm³/mol. The molecule has 14 heavy (non-hydrogen) atoms. The van der Waals surface area contributed by atoms with Crippen LogP contribution < -0.4 is 0 Å². The standard InChI is InChI=1S/C12H26N2/c1-10-9-14(12(2,3)4)8-7-11(10)13(5)6/h10-11H,7-9H2,1-6H3. The second kappa shape index (κ2) is 4.19.